The number of piperazine rings is 1. The number of nitrogens with one attached hydrogen (secondary N) is 2. The number of aromatic nitrogens is 2. The number of rotatable bonds is 3. The molecule has 1 fully saturated rings. The zero-order valence-electron chi connectivity index (χ0n) is 20.5. The first kappa shape index (κ1) is 24.9. The zero-order valence-corrected chi connectivity index (χ0v) is 22.0. The number of hydrogen-bond donors (Lipinski definition) is 2. The van der Waals surface area contributed by atoms with Crippen LogP contribution in [0.25, 0.3) is 0 Å². The van der Waals surface area contributed by atoms with Crippen molar-refractivity contribution in [3.8, 4) is 0 Å². The molecule has 2 aromatic carbocycles. The zero-order chi connectivity index (χ0) is 24.9. The van der Waals surface area contributed by atoms with Crippen molar-refractivity contribution in [2.45, 2.75) is 27.7 Å². The summed E-state index contributed by atoms with van der Waals surface area (Å²) >= 11 is 11.8. The van der Waals surface area contributed by atoms with Crippen LogP contribution in [0.15, 0.2) is 53.5 Å². The number of aliphatic imine (C=N–C) groups is 1. The number of guanidine groups is 1. The lowest BCUT2D eigenvalue weighted by Gasteiger charge is -2.37. The molecule has 35 heavy (non-hydrogen) atoms. The molecule has 182 valence electrons. The second-order valence-electron chi connectivity index (χ2n) is 8.74. The summed E-state index contributed by atoms with van der Waals surface area (Å²) in [4.78, 5) is 18.3. The Hall–Kier alpha value is -3.23. The van der Waals surface area contributed by atoms with Crippen LogP contribution in [0.4, 0.5) is 17.3 Å². The van der Waals surface area contributed by atoms with Crippen LogP contribution in [0.1, 0.15) is 22.5 Å². The molecule has 7 nitrogen and oxygen atoms in total. The van der Waals surface area contributed by atoms with Gasteiger partial charge in [0.1, 0.15) is 0 Å². The van der Waals surface area contributed by atoms with Gasteiger partial charge >= 0.3 is 0 Å². The van der Waals surface area contributed by atoms with E-state index in [9.17, 15) is 0 Å². The van der Waals surface area contributed by atoms with E-state index in [1.165, 1.54) is 0 Å². The fourth-order valence-corrected chi connectivity index (χ4v) is 4.40. The Morgan fingerprint density at radius 1 is 0.914 bits per heavy atom. The van der Waals surface area contributed by atoms with Crippen molar-refractivity contribution in [1.29, 1.82) is 0 Å². The second kappa shape index (κ2) is 11.0. The van der Waals surface area contributed by atoms with E-state index in [0.29, 0.717) is 17.0 Å². The molecule has 0 spiro atoms. The molecule has 0 bridgehead atoms. The summed E-state index contributed by atoms with van der Waals surface area (Å²) in [6, 6.07) is 16.1. The van der Waals surface area contributed by atoms with Crippen LogP contribution in [0.5, 0.6) is 0 Å². The van der Waals surface area contributed by atoms with Gasteiger partial charge in [0.15, 0.2) is 0 Å². The molecule has 0 unspecified atom stereocenters. The van der Waals surface area contributed by atoms with Crippen LogP contribution < -0.4 is 15.5 Å². The third-order valence-corrected chi connectivity index (χ3v) is 6.23. The van der Waals surface area contributed by atoms with Crippen molar-refractivity contribution in [3.05, 3.63) is 76.1 Å². The van der Waals surface area contributed by atoms with Crippen LogP contribution in [0.3, 0.4) is 0 Å². The summed E-state index contributed by atoms with van der Waals surface area (Å²) in [5.41, 5.74) is 6.11. The third kappa shape index (κ3) is 6.68. The second-order valence-corrected chi connectivity index (χ2v) is 9.56. The monoisotopic (exact) mass is 507 g/mol. The van der Waals surface area contributed by atoms with Crippen LogP contribution >= 0.6 is 23.8 Å². The van der Waals surface area contributed by atoms with Crippen molar-refractivity contribution in [2.24, 2.45) is 4.99 Å². The Balaban J connectivity index is 1.55. The number of anilines is 3. The standard InChI is InChI=1S/C26H30ClN7S/c1-17-8-9-18(2)23(14-17)30-26(35)32-25(31-24-28-19(3)15-20(4)29-24)34-12-10-33(11-13-34)22-7-5-6-21(27)16-22/h5-9,14-16H,10-13H2,1-4H3,(H2,28,29,30,31,32,35). The maximum Gasteiger partial charge on any atom is 0.229 e. The highest BCUT2D eigenvalue weighted by Crippen LogP contribution is 2.21. The molecule has 0 amide bonds. The van der Waals surface area contributed by atoms with Crippen molar-refractivity contribution in [1.82, 2.24) is 14.9 Å². The Kier molecular flexibility index (Phi) is 7.83. The van der Waals surface area contributed by atoms with Gasteiger partial charge < -0.3 is 15.1 Å². The summed E-state index contributed by atoms with van der Waals surface area (Å²) in [5, 5.41) is 7.72. The van der Waals surface area contributed by atoms with Gasteiger partial charge in [-0.3, -0.25) is 5.32 Å². The van der Waals surface area contributed by atoms with E-state index < -0.39 is 0 Å². The van der Waals surface area contributed by atoms with Gasteiger partial charge in [0, 0.05) is 54.0 Å². The van der Waals surface area contributed by atoms with Gasteiger partial charge in [-0.1, -0.05) is 29.8 Å². The molecule has 9 heteroatoms. The van der Waals surface area contributed by atoms with E-state index in [4.69, 9.17) is 28.8 Å². The van der Waals surface area contributed by atoms with Crippen molar-refractivity contribution >= 4 is 52.2 Å². The molecule has 1 saturated heterocycles. The lowest BCUT2D eigenvalue weighted by molar-refractivity contribution is 0.385. The van der Waals surface area contributed by atoms with Crippen molar-refractivity contribution in [2.75, 3.05) is 41.7 Å². The van der Waals surface area contributed by atoms with E-state index in [0.717, 1.165) is 65.1 Å². The smallest absolute Gasteiger partial charge is 0.229 e. The summed E-state index contributed by atoms with van der Waals surface area (Å²) in [7, 11) is 0. The fraction of sp³-hybridized carbons (Fsp3) is 0.308. The lowest BCUT2D eigenvalue weighted by Crippen LogP contribution is -2.51. The Labute approximate surface area is 217 Å². The van der Waals surface area contributed by atoms with E-state index in [-0.39, 0.29) is 0 Å². The molecule has 0 atom stereocenters. The number of aryl methyl sites for hydroxylation is 4. The molecular formula is C26H30ClN7S. The largest absolute Gasteiger partial charge is 0.368 e. The van der Waals surface area contributed by atoms with Gasteiger partial charge in [0.25, 0.3) is 0 Å². The normalized spacial score (nSPS) is 14.1. The molecule has 1 aliphatic rings. The van der Waals surface area contributed by atoms with Crippen molar-refractivity contribution < 1.29 is 0 Å². The number of nitrogens with zero attached hydrogens (tertiary/aromatic N) is 5. The first-order chi connectivity index (χ1) is 16.8. The molecule has 2 heterocycles. The van der Waals surface area contributed by atoms with E-state index in [1.807, 2.05) is 45.0 Å². The van der Waals surface area contributed by atoms with Crippen LogP contribution in [0.2, 0.25) is 5.02 Å². The minimum Gasteiger partial charge on any atom is -0.368 e. The van der Waals surface area contributed by atoms with Gasteiger partial charge in [-0.2, -0.15) is 4.99 Å². The summed E-state index contributed by atoms with van der Waals surface area (Å²) in [6.07, 6.45) is 0. The molecular weight excluding hydrogens is 478 g/mol. The molecule has 3 aromatic rings. The average Bonchev–Trinajstić information content (AvgIpc) is 2.80. The highest BCUT2D eigenvalue weighted by atomic mass is 35.5. The lowest BCUT2D eigenvalue weighted by atomic mass is 10.1. The average molecular weight is 508 g/mol. The highest BCUT2D eigenvalue weighted by Gasteiger charge is 2.22. The Morgan fingerprint density at radius 3 is 2.31 bits per heavy atom. The van der Waals surface area contributed by atoms with Gasteiger partial charge in [-0.25, -0.2) is 9.97 Å². The Bertz CT molecular complexity index is 1230. The molecule has 1 aromatic heterocycles. The first-order valence-electron chi connectivity index (χ1n) is 11.6. The molecule has 4 rings (SSSR count). The number of benzene rings is 2. The van der Waals surface area contributed by atoms with E-state index >= 15 is 0 Å². The third-order valence-electron chi connectivity index (χ3n) is 5.80. The predicted molar refractivity (Wildman–Crippen MR) is 150 cm³/mol. The number of thiocarbonyl (C=S) groups is 1. The number of hydrogen-bond acceptors (Lipinski definition) is 4. The molecule has 0 aliphatic carbocycles. The molecule has 0 saturated carbocycles. The quantitative estimate of drug-likeness (QED) is 0.281. The topological polar surface area (TPSA) is 68.7 Å². The molecule has 1 aliphatic heterocycles. The van der Waals surface area contributed by atoms with E-state index in [1.54, 1.807) is 0 Å². The SMILES string of the molecule is Cc1ccc(C)c(NC(=S)/N=C(/Nc2nc(C)cc(C)n2)N2CCN(c3cccc(Cl)c3)CC2)c1. The summed E-state index contributed by atoms with van der Waals surface area (Å²) in [6.45, 7) is 11.2. The molecule has 2 N–H and O–H groups in total. The molecule has 0 radical (unpaired) electrons. The maximum atomic E-state index is 6.20. The Morgan fingerprint density at radius 2 is 1.63 bits per heavy atom. The minimum atomic E-state index is 0.378. The predicted octanol–water partition coefficient (Wildman–Crippen LogP) is 5.35. The van der Waals surface area contributed by atoms with Crippen molar-refractivity contribution in [3.63, 3.8) is 0 Å². The van der Waals surface area contributed by atoms with Crippen LogP contribution in [-0.2, 0) is 0 Å². The fourth-order valence-electron chi connectivity index (χ4n) is 4.02. The first-order valence-corrected chi connectivity index (χ1v) is 12.4. The number of halogens is 1. The summed E-state index contributed by atoms with van der Waals surface area (Å²) in [5.74, 6) is 1.14. The minimum absolute atomic E-state index is 0.378. The van der Waals surface area contributed by atoms with Gasteiger partial charge in [-0.05, 0) is 81.4 Å². The highest BCUT2D eigenvalue weighted by molar-refractivity contribution is 7.80. The van der Waals surface area contributed by atoms with Gasteiger partial charge in [-0.15, -0.1) is 0 Å². The van der Waals surface area contributed by atoms with Crippen LogP contribution in [-0.4, -0.2) is 52.1 Å². The van der Waals surface area contributed by atoms with Gasteiger partial charge in [0.05, 0.1) is 0 Å². The van der Waals surface area contributed by atoms with E-state index in [2.05, 4.69) is 61.6 Å². The van der Waals surface area contributed by atoms with Gasteiger partial charge in [0.2, 0.25) is 17.0 Å². The maximum absolute atomic E-state index is 6.20. The van der Waals surface area contributed by atoms with Crippen LogP contribution in [0, 0.1) is 27.7 Å². The summed E-state index contributed by atoms with van der Waals surface area (Å²) < 4.78 is 0.